The standard InChI is InChI=1S/C14H20ClNO.C4H10O/c1-9(2)11-8-10(15)6-7-12(11)16-13(17)14(3,4)5;1-2-3-4-5/h6-9H,1-5H3,(H,16,17);5H,2-4H2,1H3. The Kier molecular flexibility index (Phi) is 9.38. The fourth-order valence-corrected chi connectivity index (χ4v) is 1.77. The molecular weight excluding hydrogens is 298 g/mol. The van der Waals surface area contributed by atoms with Crippen LogP contribution in [-0.2, 0) is 4.79 Å². The van der Waals surface area contributed by atoms with E-state index < -0.39 is 5.41 Å². The number of carbonyl (C=O) groups excluding carboxylic acids is 1. The average molecular weight is 328 g/mol. The van der Waals surface area contributed by atoms with E-state index in [1.807, 2.05) is 32.9 Å². The summed E-state index contributed by atoms with van der Waals surface area (Å²) < 4.78 is 0. The van der Waals surface area contributed by atoms with Crippen molar-refractivity contribution in [3.05, 3.63) is 28.8 Å². The zero-order chi connectivity index (χ0) is 17.3. The highest BCUT2D eigenvalue weighted by molar-refractivity contribution is 6.30. The molecule has 0 fully saturated rings. The molecule has 0 aliphatic carbocycles. The van der Waals surface area contributed by atoms with E-state index in [2.05, 4.69) is 26.1 Å². The number of hydrogen-bond donors (Lipinski definition) is 2. The molecule has 1 aromatic carbocycles. The molecule has 2 N–H and O–H groups in total. The third-order valence-electron chi connectivity index (χ3n) is 3.08. The minimum absolute atomic E-state index is 0.0155. The Balaban J connectivity index is 0.000000763. The minimum Gasteiger partial charge on any atom is -0.396 e. The quantitative estimate of drug-likeness (QED) is 0.795. The van der Waals surface area contributed by atoms with E-state index in [1.165, 1.54) is 0 Å². The molecule has 0 heterocycles. The Bertz CT molecular complexity index is 463. The van der Waals surface area contributed by atoms with Crippen molar-refractivity contribution >= 4 is 23.2 Å². The van der Waals surface area contributed by atoms with Crippen molar-refractivity contribution in [1.82, 2.24) is 0 Å². The van der Waals surface area contributed by atoms with Crippen molar-refractivity contribution in [3.63, 3.8) is 0 Å². The number of carbonyl (C=O) groups is 1. The molecule has 126 valence electrons. The van der Waals surface area contributed by atoms with Gasteiger partial charge in [-0.3, -0.25) is 4.79 Å². The predicted molar refractivity (Wildman–Crippen MR) is 95.6 cm³/mol. The second-order valence-electron chi connectivity index (χ2n) is 6.67. The van der Waals surface area contributed by atoms with Gasteiger partial charge in [-0.2, -0.15) is 0 Å². The number of benzene rings is 1. The van der Waals surface area contributed by atoms with Crippen LogP contribution < -0.4 is 5.32 Å². The van der Waals surface area contributed by atoms with Gasteiger partial charge in [0.1, 0.15) is 0 Å². The fourth-order valence-electron chi connectivity index (χ4n) is 1.59. The van der Waals surface area contributed by atoms with Crippen LogP contribution in [0.5, 0.6) is 0 Å². The summed E-state index contributed by atoms with van der Waals surface area (Å²) in [7, 11) is 0. The Morgan fingerprint density at radius 2 is 1.91 bits per heavy atom. The zero-order valence-electron chi connectivity index (χ0n) is 14.7. The molecule has 1 aromatic rings. The molecule has 0 aliphatic heterocycles. The molecule has 1 amide bonds. The monoisotopic (exact) mass is 327 g/mol. The molecule has 0 bridgehead atoms. The van der Waals surface area contributed by atoms with Gasteiger partial charge in [0.15, 0.2) is 0 Å². The van der Waals surface area contributed by atoms with E-state index in [0.717, 1.165) is 24.1 Å². The number of hydrogen-bond acceptors (Lipinski definition) is 2. The van der Waals surface area contributed by atoms with Crippen LogP contribution in [0.2, 0.25) is 5.02 Å². The largest absolute Gasteiger partial charge is 0.396 e. The maximum atomic E-state index is 11.9. The van der Waals surface area contributed by atoms with Crippen molar-refractivity contribution in [2.24, 2.45) is 5.41 Å². The molecule has 0 spiro atoms. The molecule has 0 unspecified atom stereocenters. The van der Waals surface area contributed by atoms with Gasteiger partial charge in [0.25, 0.3) is 0 Å². The SMILES string of the molecule is CC(C)c1cc(Cl)ccc1NC(=O)C(C)(C)C.CCCCO. The van der Waals surface area contributed by atoms with Crippen LogP contribution in [0.15, 0.2) is 18.2 Å². The Morgan fingerprint density at radius 3 is 2.27 bits per heavy atom. The molecule has 0 aliphatic rings. The zero-order valence-corrected chi connectivity index (χ0v) is 15.4. The Morgan fingerprint density at radius 1 is 1.32 bits per heavy atom. The molecule has 0 atom stereocenters. The van der Waals surface area contributed by atoms with Gasteiger partial charge in [-0.05, 0) is 36.1 Å². The number of halogens is 1. The molecular formula is C18H30ClNO2. The smallest absolute Gasteiger partial charge is 0.229 e. The van der Waals surface area contributed by atoms with Crippen LogP contribution in [0.1, 0.15) is 65.9 Å². The number of aliphatic hydroxyl groups excluding tert-OH is 1. The third-order valence-corrected chi connectivity index (χ3v) is 3.31. The molecule has 0 saturated carbocycles. The lowest BCUT2D eigenvalue weighted by Crippen LogP contribution is -2.28. The van der Waals surface area contributed by atoms with Gasteiger partial charge in [0.05, 0.1) is 0 Å². The number of rotatable bonds is 4. The van der Waals surface area contributed by atoms with E-state index in [0.29, 0.717) is 17.5 Å². The Labute approximate surface area is 140 Å². The summed E-state index contributed by atoms with van der Waals surface area (Å²) >= 11 is 5.97. The average Bonchev–Trinajstić information content (AvgIpc) is 2.41. The van der Waals surface area contributed by atoms with E-state index in [-0.39, 0.29) is 5.91 Å². The highest BCUT2D eigenvalue weighted by atomic mass is 35.5. The number of anilines is 1. The highest BCUT2D eigenvalue weighted by Crippen LogP contribution is 2.28. The molecule has 1 rings (SSSR count). The number of nitrogens with one attached hydrogen (secondary N) is 1. The molecule has 22 heavy (non-hydrogen) atoms. The first kappa shape index (κ1) is 20.9. The summed E-state index contributed by atoms with van der Waals surface area (Å²) in [6.07, 6.45) is 2.04. The van der Waals surface area contributed by atoms with Gasteiger partial charge in [-0.15, -0.1) is 0 Å². The normalized spacial score (nSPS) is 11.0. The first-order valence-corrected chi connectivity index (χ1v) is 8.23. The number of unbranched alkanes of at least 4 members (excludes halogenated alkanes) is 1. The first-order chi connectivity index (χ1) is 10.1. The van der Waals surface area contributed by atoms with E-state index >= 15 is 0 Å². The summed E-state index contributed by atoms with van der Waals surface area (Å²) in [6, 6.07) is 5.57. The van der Waals surface area contributed by atoms with Crippen molar-refractivity contribution in [3.8, 4) is 0 Å². The van der Waals surface area contributed by atoms with Crippen LogP contribution in [0.25, 0.3) is 0 Å². The second kappa shape index (κ2) is 9.86. The fraction of sp³-hybridized carbons (Fsp3) is 0.611. The van der Waals surface area contributed by atoms with Crippen molar-refractivity contribution in [1.29, 1.82) is 0 Å². The van der Waals surface area contributed by atoms with Gasteiger partial charge in [0, 0.05) is 22.7 Å². The van der Waals surface area contributed by atoms with Crippen LogP contribution in [-0.4, -0.2) is 17.6 Å². The summed E-state index contributed by atoms with van der Waals surface area (Å²) in [6.45, 7) is 12.2. The van der Waals surface area contributed by atoms with Crippen molar-refractivity contribution in [2.45, 2.75) is 60.3 Å². The topological polar surface area (TPSA) is 49.3 Å². The summed E-state index contributed by atoms with van der Waals surface area (Å²) in [5.41, 5.74) is 1.52. The highest BCUT2D eigenvalue weighted by Gasteiger charge is 2.22. The molecule has 0 saturated heterocycles. The lowest BCUT2D eigenvalue weighted by atomic mass is 9.94. The van der Waals surface area contributed by atoms with Crippen LogP contribution in [0.4, 0.5) is 5.69 Å². The van der Waals surface area contributed by atoms with E-state index in [9.17, 15) is 4.79 Å². The van der Waals surface area contributed by atoms with Crippen LogP contribution in [0, 0.1) is 5.41 Å². The molecule has 0 aromatic heterocycles. The third kappa shape index (κ3) is 7.81. The maximum absolute atomic E-state index is 11.9. The Hall–Kier alpha value is -1.06. The number of aliphatic hydroxyl groups is 1. The number of amides is 1. The summed E-state index contributed by atoms with van der Waals surface area (Å²) in [4.78, 5) is 11.9. The summed E-state index contributed by atoms with van der Waals surface area (Å²) in [5.74, 6) is 0.339. The van der Waals surface area contributed by atoms with Crippen LogP contribution in [0.3, 0.4) is 0 Å². The van der Waals surface area contributed by atoms with E-state index in [4.69, 9.17) is 16.7 Å². The molecule has 4 heteroatoms. The predicted octanol–water partition coefficient (Wildman–Crippen LogP) is 5.23. The van der Waals surface area contributed by atoms with Gasteiger partial charge < -0.3 is 10.4 Å². The van der Waals surface area contributed by atoms with Gasteiger partial charge in [0.2, 0.25) is 5.91 Å². The lowest BCUT2D eigenvalue weighted by molar-refractivity contribution is -0.123. The molecule has 0 radical (unpaired) electrons. The first-order valence-electron chi connectivity index (χ1n) is 7.85. The van der Waals surface area contributed by atoms with Gasteiger partial charge in [-0.1, -0.05) is 59.6 Å². The maximum Gasteiger partial charge on any atom is 0.229 e. The second-order valence-corrected chi connectivity index (χ2v) is 7.10. The minimum atomic E-state index is -0.395. The van der Waals surface area contributed by atoms with Crippen LogP contribution >= 0.6 is 11.6 Å². The van der Waals surface area contributed by atoms with Crippen molar-refractivity contribution < 1.29 is 9.90 Å². The lowest BCUT2D eigenvalue weighted by Gasteiger charge is -2.20. The van der Waals surface area contributed by atoms with Gasteiger partial charge >= 0.3 is 0 Å². The summed E-state index contributed by atoms with van der Waals surface area (Å²) in [5, 5.41) is 11.7. The van der Waals surface area contributed by atoms with Crippen molar-refractivity contribution in [2.75, 3.05) is 11.9 Å². The van der Waals surface area contributed by atoms with E-state index in [1.54, 1.807) is 6.07 Å². The molecule has 3 nitrogen and oxygen atoms in total. The van der Waals surface area contributed by atoms with Gasteiger partial charge in [-0.25, -0.2) is 0 Å².